The summed E-state index contributed by atoms with van der Waals surface area (Å²) in [5.74, 6) is 0. The number of hydrogen-bond acceptors (Lipinski definition) is 4. The molecule has 2 N–H and O–H groups in total. The summed E-state index contributed by atoms with van der Waals surface area (Å²) < 4.78 is 13.9. The van der Waals surface area contributed by atoms with Crippen molar-refractivity contribution in [3.63, 3.8) is 0 Å². The third-order valence-corrected chi connectivity index (χ3v) is 6.20. The first-order chi connectivity index (χ1) is 17.7. The van der Waals surface area contributed by atoms with Gasteiger partial charge in [0.05, 0.1) is 11.1 Å². The van der Waals surface area contributed by atoms with E-state index in [1.54, 1.807) is 9.36 Å². The van der Waals surface area contributed by atoms with Gasteiger partial charge in [-0.2, -0.15) is 0 Å². The Bertz CT molecular complexity index is 1400. The predicted molar refractivity (Wildman–Crippen MR) is 130 cm³/mol. The average Bonchev–Trinajstić information content (AvgIpc) is 3.47. The number of aryl methyl sites for hydroxylation is 4. The fourth-order valence-corrected chi connectivity index (χ4v) is 4.39. The van der Waals surface area contributed by atoms with E-state index in [9.17, 15) is 0 Å². The zero-order valence-corrected chi connectivity index (χ0v) is 19.9. The molecule has 0 radical (unpaired) electrons. The molecule has 2 heterocycles. The number of nitrogens with zero attached hydrogens (tertiary/aromatic N) is 4. The highest BCUT2D eigenvalue weighted by atomic mass is 16.5. The molecular weight excluding hydrogens is 452 g/mol. The zero-order valence-electron chi connectivity index (χ0n) is 19.9. The van der Waals surface area contributed by atoms with Crippen molar-refractivity contribution in [3.05, 3.63) is 107 Å². The maximum absolute atomic E-state index is 8.23. The molecule has 0 atom stereocenters. The van der Waals surface area contributed by atoms with Crippen LogP contribution in [-0.4, -0.2) is 0 Å². The monoisotopic (exact) mass is 480 g/mol. The lowest BCUT2D eigenvalue weighted by Gasteiger charge is -2.05. The van der Waals surface area contributed by atoms with E-state index in [-0.39, 0.29) is 11.1 Å². The van der Waals surface area contributed by atoms with Crippen LogP contribution in [-0.2, 0) is 25.9 Å². The number of hydrogen-bond donors (Lipinski definition) is 2. The number of aromatic nitrogens is 4. The van der Waals surface area contributed by atoms with Crippen LogP contribution in [0.25, 0.3) is 22.5 Å². The molecular formula is C28H28N6O2. The summed E-state index contributed by atoms with van der Waals surface area (Å²) in [6, 6.07) is 28.3. The Balaban J connectivity index is 1.29. The quantitative estimate of drug-likeness (QED) is 0.300. The topological polar surface area (TPSA) is 110 Å². The van der Waals surface area contributed by atoms with E-state index in [0.717, 1.165) is 36.8 Å². The Labute approximate surface area is 208 Å². The van der Waals surface area contributed by atoms with E-state index in [1.807, 2.05) is 60.7 Å². The largest absolute Gasteiger partial charge is 0.486 e. The number of benzene rings is 3. The van der Waals surface area contributed by atoms with E-state index in [2.05, 4.69) is 34.8 Å². The summed E-state index contributed by atoms with van der Waals surface area (Å²) in [5.41, 5.74) is 5.57. The van der Waals surface area contributed by atoms with Gasteiger partial charge < -0.3 is 9.05 Å². The van der Waals surface area contributed by atoms with E-state index in [4.69, 9.17) is 19.9 Å². The molecule has 0 aliphatic carbocycles. The summed E-state index contributed by atoms with van der Waals surface area (Å²) >= 11 is 0. The van der Waals surface area contributed by atoms with Crippen molar-refractivity contribution >= 4 is 0 Å². The van der Waals surface area contributed by atoms with Crippen LogP contribution < -0.4 is 31.0 Å². The Morgan fingerprint density at radius 1 is 0.556 bits per heavy atom. The zero-order chi connectivity index (χ0) is 24.7. The van der Waals surface area contributed by atoms with Crippen LogP contribution in [0.2, 0.25) is 0 Å². The summed E-state index contributed by atoms with van der Waals surface area (Å²) in [5, 5.41) is 24.6. The standard InChI is InChI=1S/C28H28N6O2/c29-27-25(33(31-35-27)19-7-13-21-9-3-1-4-10-21)23-15-17-24(18-16-23)26-28(30)36-32-34(26)20-8-14-22-11-5-2-6-12-22/h1-6,9-12,15-18,29-30H,7-8,13-14,19-20H2. The molecule has 0 bridgehead atoms. The van der Waals surface area contributed by atoms with Gasteiger partial charge in [-0.3, -0.25) is 21.4 Å². The minimum atomic E-state index is 0.0320. The van der Waals surface area contributed by atoms with Gasteiger partial charge in [0.2, 0.25) is 0 Å². The fourth-order valence-electron chi connectivity index (χ4n) is 4.39. The summed E-state index contributed by atoms with van der Waals surface area (Å²) in [7, 11) is 0. The highest BCUT2D eigenvalue weighted by Crippen LogP contribution is 2.18. The number of nitrogens with one attached hydrogen (secondary N) is 2. The highest BCUT2D eigenvalue weighted by molar-refractivity contribution is 5.62. The minimum Gasteiger partial charge on any atom is -0.486 e. The van der Waals surface area contributed by atoms with Gasteiger partial charge in [-0.05, 0) is 48.2 Å². The second-order valence-corrected chi connectivity index (χ2v) is 8.70. The molecule has 2 aromatic heterocycles. The van der Waals surface area contributed by atoms with Crippen molar-refractivity contribution in [1.29, 1.82) is 10.8 Å². The first-order valence-electron chi connectivity index (χ1n) is 12.1. The van der Waals surface area contributed by atoms with Crippen LogP contribution in [0, 0.1) is 10.8 Å². The van der Waals surface area contributed by atoms with Crippen molar-refractivity contribution in [3.8, 4) is 22.5 Å². The van der Waals surface area contributed by atoms with Crippen LogP contribution in [0.3, 0.4) is 0 Å². The number of rotatable bonds is 10. The van der Waals surface area contributed by atoms with Crippen LogP contribution in [0.1, 0.15) is 24.0 Å². The van der Waals surface area contributed by atoms with E-state index in [1.165, 1.54) is 11.1 Å². The maximum Gasteiger partial charge on any atom is 0.273 e. The smallest absolute Gasteiger partial charge is 0.273 e. The van der Waals surface area contributed by atoms with Gasteiger partial charge >= 0.3 is 0 Å². The van der Waals surface area contributed by atoms with Gasteiger partial charge in [0.25, 0.3) is 22.5 Å². The van der Waals surface area contributed by atoms with Gasteiger partial charge in [0.1, 0.15) is 13.1 Å². The first-order valence-corrected chi connectivity index (χ1v) is 12.1. The molecule has 0 fully saturated rings. The second-order valence-electron chi connectivity index (χ2n) is 8.70. The molecule has 5 aromatic rings. The molecule has 0 aliphatic heterocycles. The maximum atomic E-state index is 8.23. The van der Waals surface area contributed by atoms with Crippen LogP contribution in [0.15, 0.2) is 94.0 Å². The van der Waals surface area contributed by atoms with Crippen LogP contribution >= 0.6 is 0 Å². The molecule has 0 amide bonds. The first kappa shape index (κ1) is 23.3. The SMILES string of the molecule is N=c1o[n-][n+](CCCc2ccccc2)c1-c1ccc(-c2c(=N)o[n-][n+]2CCCc2ccccc2)cc1. The van der Waals surface area contributed by atoms with Gasteiger partial charge in [0, 0.05) is 12.8 Å². The minimum absolute atomic E-state index is 0.0320. The van der Waals surface area contributed by atoms with Crippen molar-refractivity contribution in [2.45, 2.75) is 38.8 Å². The molecule has 0 unspecified atom stereocenters. The van der Waals surface area contributed by atoms with E-state index < -0.39 is 0 Å². The Morgan fingerprint density at radius 2 is 0.944 bits per heavy atom. The molecule has 8 heteroatoms. The van der Waals surface area contributed by atoms with Gasteiger partial charge in [-0.1, -0.05) is 60.7 Å². The summed E-state index contributed by atoms with van der Waals surface area (Å²) in [6.45, 7) is 1.30. The highest BCUT2D eigenvalue weighted by Gasteiger charge is 2.18. The molecule has 5 rings (SSSR count). The molecule has 36 heavy (non-hydrogen) atoms. The lowest BCUT2D eigenvalue weighted by atomic mass is 10.1. The Hall–Kier alpha value is -4.46. The van der Waals surface area contributed by atoms with Crippen molar-refractivity contribution in [1.82, 2.24) is 10.5 Å². The van der Waals surface area contributed by atoms with Crippen LogP contribution in [0.4, 0.5) is 0 Å². The predicted octanol–water partition coefficient (Wildman–Crippen LogP) is 2.92. The second kappa shape index (κ2) is 10.9. The molecule has 0 aliphatic rings. The normalized spacial score (nSPS) is 11.1. The fraction of sp³-hybridized carbons (Fsp3) is 0.214. The summed E-state index contributed by atoms with van der Waals surface area (Å²) in [6.07, 6.45) is 3.63. The van der Waals surface area contributed by atoms with Crippen LogP contribution in [0.5, 0.6) is 0 Å². The Kier molecular flexibility index (Phi) is 7.02. The van der Waals surface area contributed by atoms with Crippen molar-refractivity contribution in [2.75, 3.05) is 0 Å². The third kappa shape index (κ3) is 5.27. The van der Waals surface area contributed by atoms with E-state index >= 15 is 0 Å². The van der Waals surface area contributed by atoms with E-state index in [0.29, 0.717) is 24.5 Å². The van der Waals surface area contributed by atoms with Gasteiger partial charge in [-0.25, -0.2) is 9.36 Å². The molecule has 182 valence electrons. The summed E-state index contributed by atoms with van der Waals surface area (Å²) in [4.78, 5) is 0. The van der Waals surface area contributed by atoms with Gasteiger partial charge in [-0.15, -0.1) is 0 Å². The average molecular weight is 481 g/mol. The lowest BCUT2D eigenvalue weighted by Crippen LogP contribution is -2.41. The third-order valence-electron chi connectivity index (χ3n) is 6.20. The van der Waals surface area contributed by atoms with Gasteiger partial charge in [0.15, 0.2) is 0 Å². The van der Waals surface area contributed by atoms with Crippen molar-refractivity contribution in [2.24, 2.45) is 0 Å². The lowest BCUT2D eigenvalue weighted by molar-refractivity contribution is -0.758. The molecule has 8 nitrogen and oxygen atoms in total. The molecule has 0 saturated carbocycles. The van der Waals surface area contributed by atoms with Crippen molar-refractivity contribution < 1.29 is 18.4 Å². The Morgan fingerprint density at radius 3 is 1.33 bits per heavy atom. The molecule has 0 saturated heterocycles. The molecule has 0 spiro atoms. The molecule has 3 aromatic carbocycles.